The third kappa shape index (κ3) is 8.92. The van der Waals surface area contributed by atoms with E-state index in [1.165, 1.54) is 0 Å². The van der Waals surface area contributed by atoms with E-state index >= 15 is 0 Å². The summed E-state index contributed by atoms with van der Waals surface area (Å²) in [6, 6.07) is 5.28. The number of primary amides is 1. The summed E-state index contributed by atoms with van der Waals surface area (Å²) >= 11 is 4.00. The number of carboxylic acid groups (broad SMARTS) is 1. The molecule has 1 aromatic carbocycles. The van der Waals surface area contributed by atoms with Gasteiger partial charge in [0, 0.05) is 12.2 Å². The molecule has 8 N–H and O–H groups in total. The Bertz CT molecular complexity index is 776. The monoisotopic (exact) mass is 439 g/mol. The van der Waals surface area contributed by atoms with Crippen LogP contribution in [0.3, 0.4) is 0 Å². The molecule has 0 fully saturated rings. The first-order valence-corrected chi connectivity index (χ1v) is 9.56. The zero-order chi connectivity index (χ0) is 22.7. The fourth-order valence-electron chi connectivity index (χ4n) is 2.40. The number of rotatable bonds is 12. The lowest BCUT2D eigenvalue weighted by Crippen LogP contribution is -2.57. The number of thiol groups is 1. The van der Waals surface area contributed by atoms with Crippen LogP contribution < -0.4 is 27.4 Å². The molecule has 1 aromatic rings. The van der Waals surface area contributed by atoms with Crippen LogP contribution in [0.1, 0.15) is 12.0 Å². The van der Waals surface area contributed by atoms with E-state index in [1.54, 1.807) is 30.3 Å². The third-order valence-corrected chi connectivity index (χ3v) is 4.27. The largest absolute Gasteiger partial charge is 0.480 e. The van der Waals surface area contributed by atoms with Gasteiger partial charge in [-0.25, -0.2) is 0 Å². The number of carbonyl (C=O) groups excluding carboxylic acids is 4. The first-order valence-electron chi connectivity index (χ1n) is 8.93. The van der Waals surface area contributed by atoms with Gasteiger partial charge in [-0.1, -0.05) is 30.3 Å². The predicted octanol–water partition coefficient (Wildman–Crippen LogP) is -2.47. The summed E-state index contributed by atoms with van der Waals surface area (Å²) in [4.78, 5) is 58.6. The van der Waals surface area contributed by atoms with Crippen molar-refractivity contribution in [3.05, 3.63) is 35.9 Å². The number of carbonyl (C=O) groups is 5. The molecule has 3 unspecified atom stereocenters. The minimum absolute atomic E-state index is 0.0811. The van der Waals surface area contributed by atoms with E-state index in [4.69, 9.17) is 16.6 Å². The first-order chi connectivity index (χ1) is 14.1. The molecule has 11 nitrogen and oxygen atoms in total. The molecule has 3 atom stereocenters. The Balaban J connectivity index is 2.91. The van der Waals surface area contributed by atoms with Crippen molar-refractivity contribution in [2.45, 2.75) is 31.0 Å². The Hall–Kier alpha value is -3.12. The fraction of sp³-hybridized carbons (Fsp3) is 0.389. The summed E-state index contributed by atoms with van der Waals surface area (Å²) in [5.41, 5.74) is 11.4. The van der Waals surface area contributed by atoms with Gasteiger partial charge in [0.1, 0.15) is 18.6 Å². The molecule has 0 saturated carbocycles. The van der Waals surface area contributed by atoms with Crippen LogP contribution in [-0.2, 0) is 30.4 Å². The molecule has 0 aliphatic heterocycles. The Kier molecular flexibility index (Phi) is 10.3. The van der Waals surface area contributed by atoms with Gasteiger partial charge in [0.05, 0.1) is 12.5 Å². The van der Waals surface area contributed by atoms with Crippen LogP contribution in [-0.4, -0.2) is 65.1 Å². The maximum absolute atomic E-state index is 12.8. The molecule has 0 aliphatic carbocycles. The number of amides is 4. The van der Waals surface area contributed by atoms with Gasteiger partial charge in [-0.3, -0.25) is 24.0 Å². The van der Waals surface area contributed by atoms with E-state index in [9.17, 15) is 24.0 Å². The molecule has 1 rings (SSSR count). The molecule has 0 aliphatic rings. The van der Waals surface area contributed by atoms with Crippen LogP contribution in [0.25, 0.3) is 0 Å². The van der Waals surface area contributed by atoms with E-state index in [0.29, 0.717) is 0 Å². The molecule has 0 radical (unpaired) electrons. The summed E-state index contributed by atoms with van der Waals surface area (Å²) in [5, 5.41) is 15.7. The fourth-order valence-corrected chi connectivity index (χ4v) is 2.66. The quantitative estimate of drug-likeness (QED) is 0.175. The van der Waals surface area contributed by atoms with Crippen molar-refractivity contribution in [2.75, 3.05) is 12.3 Å². The zero-order valence-electron chi connectivity index (χ0n) is 16.0. The Morgan fingerprint density at radius 3 is 2.10 bits per heavy atom. The van der Waals surface area contributed by atoms with Crippen molar-refractivity contribution in [3.8, 4) is 0 Å². The molecule has 0 heterocycles. The summed E-state index contributed by atoms with van der Waals surface area (Å²) < 4.78 is 0. The summed E-state index contributed by atoms with van der Waals surface area (Å²) in [5.74, 6) is -4.33. The van der Waals surface area contributed by atoms with E-state index in [-0.39, 0.29) is 12.2 Å². The van der Waals surface area contributed by atoms with Gasteiger partial charge in [-0.05, 0) is 5.56 Å². The number of hydrogen-bond acceptors (Lipinski definition) is 7. The molecule has 0 bridgehead atoms. The van der Waals surface area contributed by atoms with Gasteiger partial charge in [0.2, 0.25) is 23.6 Å². The van der Waals surface area contributed by atoms with Crippen LogP contribution in [0.4, 0.5) is 0 Å². The molecule has 0 saturated heterocycles. The standard InChI is InChI=1S/C18H25N5O6S/c19-11(7-14(20)24)16(27)22-12(6-10-4-2-1-3-5-10)18(29)23-13(9-30)17(28)21-8-15(25)26/h1-5,11-13,30H,6-9,19H2,(H2,20,24)(H,21,28)(H,22,27)(H,23,29)(H,25,26). The first kappa shape index (κ1) is 24.9. The number of benzene rings is 1. The number of nitrogens with one attached hydrogen (secondary N) is 3. The van der Waals surface area contributed by atoms with Crippen LogP contribution in [0.5, 0.6) is 0 Å². The minimum Gasteiger partial charge on any atom is -0.480 e. The summed E-state index contributed by atoms with van der Waals surface area (Å²) in [6.45, 7) is -0.620. The molecule has 0 spiro atoms. The number of hydrogen-bond donors (Lipinski definition) is 7. The van der Waals surface area contributed by atoms with Crippen LogP contribution in [0.15, 0.2) is 30.3 Å². The molecular formula is C18H25N5O6S. The zero-order valence-corrected chi connectivity index (χ0v) is 16.9. The van der Waals surface area contributed by atoms with Gasteiger partial charge in [0.25, 0.3) is 0 Å². The maximum atomic E-state index is 12.8. The van der Waals surface area contributed by atoms with E-state index < -0.39 is 60.7 Å². The lowest BCUT2D eigenvalue weighted by molar-refractivity contribution is -0.138. The Morgan fingerprint density at radius 1 is 0.967 bits per heavy atom. The lowest BCUT2D eigenvalue weighted by Gasteiger charge is -2.23. The van der Waals surface area contributed by atoms with Crippen LogP contribution in [0, 0.1) is 0 Å². The highest BCUT2D eigenvalue weighted by Crippen LogP contribution is 2.05. The molecule has 4 amide bonds. The van der Waals surface area contributed by atoms with E-state index in [1.807, 2.05) is 0 Å². The van der Waals surface area contributed by atoms with Crippen molar-refractivity contribution in [2.24, 2.45) is 11.5 Å². The number of carboxylic acids is 1. The summed E-state index contributed by atoms with van der Waals surface area (Å²) in [7, 11) is 0. The topological polar surface area (TPSA) is 194 Å². The predicted molar refractivity (Wildman–Crippen MR) is 110 cm³/mol. The van der Waals surface area contributed by atoms with Crippen molar-refractivity contribution < 1.29 is 29.1 Å². The number of nitrogens with two attached hydrogens (primary N) is 2. The van der Waals surface area contributed by atoms with Gasteiger partial charge in [-0.15, -0.1) is 0 Å². The minimum atomic E-state index is -1.25. The van der Waals surface area contributed by atoms with Crippen molar-refractivity contribution in [3.63, 3.8) is 0 Å². The number of aliphatic carboxylic acids is 1. The third-order valence-electron chi connectivity index (χ3n) is 3.90. The second-order valence-corrected chi connectivity index (χ2v) is 6.75. The van der Waals surface area contributed by atoms with Crippen molar-refractivity contribution in [1.29, 1.82) is 0 Å². The van der Waals surface area contributed by atoms with Gasteiger partial charge >= 0.3 is 5.97 Å². The van der Waals surface area contributed by atoms with Crippen LogP contribution in [0.2, 0.25) is 0 Å². The highest BCUT2D eigenvalue weighted by atomic mass is 32.1. The van der Waals surface area contributed by atoms with E-state index in [0.717, 1.165) is 5.56 Å². The molecule has 164 valence electrons. The molecule has 30 heavy (non-hydrogen) atoms. The lowest BCUT2D eigenvalue weighted by atomic mass is 10.0. The van der Waals surface area contributed by atoms with E-state index in [2.05, 4.69) is 28.6 Å². The van der Waals surface area contributed by atoms with Gasteiger partial charge < -0.3 is 32.5 Å². The highest BCUT2D eigenvalue weighted by molar-refractivity contribution is 7.80. The van der Waals surface area contributed by atoms with Crippen LogP contribution >= 0.6 is 12.6 Å². The highest BCUT2D eigenvalue weighted by Gasteiger charge is 2.28. The second-order valence-electron chi connectivity index (χ2n) is 6.38. The molecule has 12 heteroatoms. The Labute approximate surface area is 178 Å². The average molecular weight is 439 g/mol. The second kappa shape index (κ2) is 12.4. The average Bonchev–Trinajstić information content (AvgIpc) is 2.69. The van der Waals surface area contributed by atoms with Crippen molar-refractivity contribution in [1.82, 2.24) is 16.0 Å². The molecule has 0 aromatic heterocycles. The maximum Gasteiger partial charge on any atom is 0.322 e. The van der Waals surface area contributed by atoms with Gasteiger partial charge in [-0.2, -0.15) is 12.6 Å². The normalized spacial score (nSPS) is 13.4. The van der Waals surface area contributed by atoms with Gasteiger partial charge in [0.15, 0.2) is 0 Å². The SMILES string of the molecule is NC(=O)CC(N)C(=O)NC(Cc1ccccc1)C(=O)NC(CS)C(=O)NCC(=O)O. The smallest absolute Gasteiger partial charge is 0.322 e. The Morgan fingerprint density at radius 2 is 1.57 bits per heavy atom. The molecular weight excluding hydrogens is 414 g/mol. The van der Waals surface area contributed by atoms with Crippen molar-refractivity contribution >= 4 is 42.2 Å². The summed E-state index contributed by atoms with van der Waals surface area (Å²) in [6.07, 6.45) is -0.319.